The molecule has 0 aliphatic carbocycles. The Morgan fingerprint density at radius 2 is 1.74 bits per heavy atom. The van der Waals surface area contributed by atoms with Crippen molar-refractivity contribution in [3.63, 3.8) is 0 Å². The van der Waals surface area contributed by atoms with E-state index in [9.17, 15) is 4.39 Å². The van der Waals surface area contributed by atoms with Gasteiger partial charge in [-0.05, 0) is 36.9 Å². The second kappa shape index (κ2) is 11.6. The van der Waals surface area contributed by atoms with E-state index in [2.05, 4.69) is 26.8 Å². The standard InChI is InChI=1S/C28H29ClF2N6O2/c1-36-5-7-37(8-6-36)9-10-38-26-15-24-20(13-23(26)32)27(33)35-28(34-24)19-12-21(29)25(14-22(19)31)39-16-17-3-2-4-18(30)11-17/h2-4,11-15H,5-10,16,32H2,1H3,(H2,33,34,35). The third kappa shape index (κ3) is 6.30. The van der Waals surface area contributed by atoms with E-state index in [-0.39, 0.29) is 40.4 Å². The van der Waals surface area contributed by atoms with Crippen LogP contribution in [0.2, 0.25) is 5.02 Å². The predicted molar refractivity (Wildman–Crippen MR) is 149 cm³/mol. The highest BCUT2D eigenvalue weighted by Gasteiger charge is 2.18. The van der Waals surface area contributed by atoms with Crippen molar-refractivity contribution in [2.75, 3.05) is 57.8 Å². The molecule has 4 N–H and O–H groups in total. The lowest BCUT2D eigenvalue weighted by molar-refractivity contribution is 0.134. The number of aromatic nitrogens is 2. The molecular formula is C28H29ClF2N6O2. The maximum atomic E-state index is 15.2. The molecule has 11 heteroatoms. The van der Waals surface area contributed by atoms with Crippen LogP contribution in [0.4, 0.5) is 20.3 Å². The number of likely N-dealkylation sites (N-methyl/N-ethyl adjacent to an activating group) is 1. The molecule has 8 nitrogen and oxygen atoms in total. The van der Waals surface area contributed by atoms with Gasteiger partial charge in [-0.25, -0.2) is 18.7 Å². The molecule has 0 bridgehead atoms. The van der Waals surface area contributed by atoms with E-state index < -0.39 is 5.82 Å². The Bertz CT molecular complexity index is 1500. The number of rotatable bonds is 8. The number of ether oxygens (including phenoxy) is 2. The van der Waals surface area contributed by atoms with Gasteiger partial charge in [-0.2, -0.15) is 0 Å². The minimum Gasteiger partial charge on any atom is -0.490 e. The van der Waals surface area contributed by atoms with Crippen LogP contribution in [0.5, 0.6) is 11.5 Å². The average Bonchev–Trinajstić information content (AvgIpc) is 2.91. The van der Waals surface area contributed by atoms with E-state index in [1.807, 2.05) is 0 Å². The zero-order valence-corrected chi connectivity index (χ0v) is 22.2. The highest BCUT2D eigenvalue weighted by molar-refractivity contribution is 6.32. The monoisotopic (exact) mass is 554 g/mol. The maximum absolute atomic E-state index is 15.2. The highest BCUT2D eigenvalue weighted by atomic mass is 35.5. The molecular weight excluding hydrogens is 526 g/mol. The average molecular weight is 555 g/mol. The summed E-state index contributed by atoms with van der Waals surface area (Å²) in [5.74, 6) is -0.247. The van der Waals surface area contributed by atoms with E-state index in [0.717, 1.165) is 38.8 Å². The molecule has 2 heterocycles. The van der Waals surface area contributed by atoms with Crippen LogP contribution in [0.3, 0.4) is 0 Å². The Morgan fingerprint density at radius 3 is 2.51 bits per heavy atom. The SMILES string of the molecule is CN1CCN(CCOc2cc3nc(-c4cc(Cl)c(OCc5cccc(F)c5)cc4F)nc(N)c3cc2N)CC1. The fourth-order valence-electron chi connectivity index (χ4n) is 4.40. The Hall–Kier alpha value is -3.73. The first kappa shape index (κ1) is 26.9. The van der Waals surface area contributed by atoms with Crippen molar-refractivity contribution in [2.24, 2.45) is 0 Å². The molecule has 5 rings (SSSR count). The predicted octanol–water partition coefficient (Wildman–Crippen LogP) is 4.60. The number of hydrogen-bond donors (Lipinski definition) is 2. The second-order valence-corrected chi connectivity index (χ2v) is 9.92. The van der Waals surface area contributed by atoms with Gasteiger partial charge in [-0.15, -0.1) is 0 Å². The molecule has 1 aromatic heterocycles. The Kier molecular flexibility index (Phi) is 7.97. The van der Waals surface area contributed by atoms with Gasteiger partial charge < -0.3 is 25.8 Å². The number of nitrogens with zero attached hydrogens (tertiary/aromatic N) is 4. The number of halogens is 3. The van der Waals surface area contributed by atoms with Crippen molar-refractivity contribution in [1.82, 2.24) is 19.8 Å². The van der Waals surface area contributed by atoms with Crippen molar-refractivity contribution in [3.8, 4) is 22.9 Å². The smallest absolute Gasteiger partial charge is 0.165 e. The van der Waals surface area contributed by atoms with E-state index in [1.165, 1.54) is 18.2 Å². The quantitative estimate of drug-likeness (QED) is 0.305. The van der Waals surface area contributed by atoms with Crippen LogP contribution in [0, 0.1) is 11.6 Å². The van der Waals surface area contributed by atoms with Crippen LogP contribution in [-0.2, 0) is 6.61 Å². The third-order valence-electron chi connectivity index (χ3n) is 6.66. The maximum Gasteiger partial charge on any atom is 0.165 e. The van der Waals surface area contributed by atoms with E-state index in [1.54, 1.807) is 24.3 Å². The summed E-state index contributed by atoms with van der Waals surface area (Å²) in [6.45, 7) is 5.30. The van der Waals surface area contributed by atoms with Crippen molar-refractivity contribution >= 4 is 34.0 Å². The molecule has 0 saturated carbocycles. The molecule has 1 aliphatic rings. The van der Waals surface area contributed by atoms with Crippen LogP contribution in [0.25, 0.3) is 22.3 Å². The van der Waals surface area contributed by atoms with Gasteiger partial charge in [0.15, 0.2) is 5.82 Å². The first-order chi connectivity index (χ1) is 18.8. The molecule has 4 aromatic rings. The van der Waals surface area contributed by atoms with Crippen molar-refractivity contribution in [3.05, 3.63) is 70.8 Å². The summed E-state index contributed by atoms with van der Waals surface area (Å²) in [4.78, 5) is 13.4. The summed E-state index contributed by atoms with van der Waals surface area (Å²) in [6.07, 6.45) is 0. The number of hydrogen-bond acceptors (Lipinski definition) is 8. The number of benzene rings is 3. The van der Waals surface area contributed by atoms with Gasteiger partial charge in [0.05, 0.1) is 21.8 Å². The molecule has 1 aliphatic heterocycles. The largest absolute Gasteiger partial charge is 0.490 e. The molecule has 39 heavy (non-hydrogen) atoms. The number of fused-ring (bicyclic) bond motifs is 1. The summed E-state index contributed by atoms with van der Waals surface area (Å²) in [5.41, 5.74) is 13.9. The van der Waals surface area contributed by atoms with Crippen molar-refractivity contribution in [2.45, 2.75) is 6.61 Å². The fourth-order valence-corrected chi connectivity index (χ4v) is 4.62. The lowest BCUT2D eigenvalue weighted by atomic mass is 10.1. The van der Waals surface area contributed by atoms with Gasteiger partial charge >= 0.3 is 0 Å². The lowest BCUT2D eigenvalue weighted by Gasteiger charge is -2.32. The van der Waals surface area contributed by atoms with Crippen LogP contribution in [0.1, 0.15) is 5.56 Å². The van der Waals surface area contributed by atoms with Crippen LogP contribution < -0.4 is 20.9 Å². The lowest BCUT2D eigenvalue weighted by Crippen LogP contribution is -2.45. The molecule has 0 spiro atoms. The summed E-state index contributed by atoms with van der Waals surface area (Å²) < 4.78 is 40.2. The van der Waals surface area contributed by atoms with Crippen LogP contribution >= 0.6 is 11.6 Å². The van der Waals surface area contributed by atoms with Crippen LogP contribution in [0.15, 0.2) is 48.5 Å². The molecule has 3 aromatic carbocycles. The summed E-state index contributed by atoms with van der Waals surface area (Å²) in [6, 6.07) is 11.8. The second-order valence-electron chi connectivity index (χ2n) is 9.51. The normalized spacial score (nSPS) is 14.6. The van der Waals surface area contributed by atoms with E-state index in [0.29, 0.717) is 34.5 Å². The molecule has 0 atom stereocenters. The van der Waals surface area contributed by atoms with Crippen LogP contribution in [-0.4, -0.2) is 66.1 Å². The zero-order valence-electron chi connectivity index (χ0n) is 21.5. The van der Waals surface area contributed by atoms with E-state index in [4.69, 9.17) is 32.5 Å². The van der Waals surface area contributed by atoms with Gasteiger partial charge in [0.25, 0.3) is 0 Å². The zero-order chi connectivity index (χ0) is 27.5. The summed E-state index contributed by atoms with van der Waals surface area (Å²) in [5, 5.41) is 0.680. The Morgan fingerprint density at radius 1 is 0.949 bits per heavy atom. The third-order valence-corrected chi connectivity index (χ3v) is 6.96. The Balaban J connectivity index is 1.35. The van der Waals surface area contributed by atoms with Gasteiger partial charge in [0, 0.05) is 50.2 Å². The topological polar surface area (TPSA) is 103 Å². The minimum absolute atomic E-state index is 0.0225. The number of piperazine rings is 1. The van der Waals surface area contributed by atoms with Crippen molar-refractivity contribution in [1.29, 1.82) is 0 Å². The van der Waals surface area contributed by atoms with Gasteiger partial charge in [-0.1, -0.05) is 23.7 Å². The number of nitrogens with two attached hydrogens (primary N) is 2. The van der Waals surface area contributed by atoms with Gasteiger partial charge in [0.2, 0.25) is 0 Å². The fraction of sp³-hybridized carbons (Fsp3) is 0.286. The first-order valence-electron chi connectivity index (χ1n) is 12.5. The van der Waals surface area contributed by atoms with E-state index >= 15 is 4.39 Å². The molecule has 1 fully saturated rings. The molecule has 0 amide bonds. The minimum atomic E-state index is -0.647. The summed E-state index contributed by atoms with van der Waals surface area (Å²) in [7, 11) is 2.11. The number of nitrogen functional groups attached to an aromatic ring is 2. The van der Waals surface area contributed by atoms with Gasteiger partial charge in [-0.3, -0.25) is 4.90 Å². The number of anilines is 2. The van der Waals surface area contributed by atoms with Crippen molar-refractivity contribution < 1.29 is 18.3 Å². The molecule has 204 valence electrons. The first-order valence-corrected chi connectivity index (χ1v) is 12.9. The molecule has 0 unspecified atom stereocenters. The highest BCUT2D eigenvalue weighted by Crippen LogP contribution is 2.35. The Labute approximate surface area is 230 Å². The van der Waals surface area contributed by atoms with Gasteiger partial charge in [0.1, 0.15) is 42.2 Å². The molecule has 0 radical (unpaired) electrons. The molecule has 1 saturated heterocycles. The summed E-state index contributed by atoms with van der Waals surface area (Å²) >= 11 is 6.39.